The fourth-order valence-electron chi connectivity index (χ4n) is 3.60. The van der Waals surface area contributed by atoms with Crippen LogP contribution in [0.2, 0.25) is 0 Å². The van der Waals surface area contributed by atoms with Crippen molar-refractivity contribution in [3.8, 4) is 5.75 Å². The summed E-state index contributed by atoms with van der Waals surface area (Å²) >= 11 is 0. The van der Waals surface area contributed by atoms with Crippen LogP contribution in [0.15, 0.2) is 66.7 Å². The number of ether oxygens (including phenoxy) is 1. The molecule has 144 valence electrons. The van der Waals surface area contributed by atoms with Gasteiger partial charge in [0.05, 0.1) is 18.3 Å². The fraction of sp³-hybridized carbons (Fsp3) is 0.261. The quantitative estimate of drug-likeness (QED) is 0.718. The molecule has 5 heteroatoms. The molecular weight excluding hydrogens is 352 g/mol. The second kappa shape index (κ2) is 8.42. The van der Waals surface area contributed by atoms with Crippen molar-refractivity contribution in [2.45, 2.75) is 12.6 Å². The number of phenols is 1. The lowest BCUT2D eigenvalue weighted by Gasteiger charge is -2.33. The predicted molar refractivity (Wildman–Crippen MR) is 109 cm³/mol. The van der Waals surface area contributed by atoms with Gasteiger partial charge in [-0.1, -0.05) is 54.6 Å². The number of benzene rings is 3. The number of carbonyl (C=O) groups is 1. The predicted octanol–water partition coefficient (Wildman–Crippen LogP) is 3.18. The zero-order valence-corrected chi connectivity index (χ0v) is 15.7. The topological polar surface area (TPSA) is 61.8 Å². The van der Waals surface area contributed by atoms with E-state index in [0.29, 0.717) is 13.2 Å². The molecule has 1 aliphatic heterocycles. The Morgan fingerprint density at radius 2 is 1.79 bits per heavy atom. The zero-order chi connectivity index (χ0) is 19.3. The van der Waals surface area contributed by atoms with E-state index in [9.17, 15) is 9.90 Å². The first-order valence-electron chi connectivity index (χ1n) is 9.57. The van der Waals surface area contributed by atoms with Gasteiger partial charge in [0, 0.05) is 26.2 Å². The van der Waals surface area contributed by atoms with E-state index in [-0.39, 0.29) is 23.3 Å². The molecule has 0 aliphatic carbocycles. The molecule has 1 amide bonds. The van der Waals surface area contributed by atoms with E-state index in [1.54, 1.807) is 12.1 Å². The van der Waals surface area contributed by atoms with Gasteiger partial charge in [0.25, 0.3) is 5.91 Å². The van der Waals surface area contributed by atoms with Gasteiger partial charge in [0.15, 0.2) is 0 Å². The average molecular weight is 376 g/mol. The molecule has 28 heavy (non-hydrogen) atoms. The Hall–Kier alpha value is -2.89. The molecule has 2 N–H and O–H groups in total. The summed E-state index contributed by atoms with van der Waals surface area (Å²) in [6.07, 6.45) is -0.0657. The van der Waals surface area contributed by atoms with Crippen molar-refractivity contribution >= 4 is 16.7 Å². The summed E-state index contributed by atoms with van der Waals surface area (Å²) in [5.74, 6) is -0.293. The molecule has 4 rings (SSSR count). The molecule has 3 aromatic carbocycles. The number of hydrogen-bond acceptors (Lipinski definition) is 4. The Morgan fingerprint density at radius 3 is 2.57 bits per heavy atom. The van der Waals surface area contributed by atoms with Crippen molar-refractivity contribution in [2.75, 3.05) is 26.2 Å². The van der Waals surface area contributed by atoms with Crippen LogP contribution in [-0.4, -0.2) is 48.3 Å². The van der Waals surface area contributed by atoms with Gasteiger partial charge in [0.2, 0.25) is 0 Å². The van der Waals surface area contributed by atoms with Crippen LogP contribution in [0, 0.1) is 0 Å². The standard InChI is InChI=1S/C23H24N2O3/c26-22-13-19-9-5-4-8-18(19)12-21(22)23(27)24-14-20-16-25(10-11-28-20)15-17-6-2-1-3-7-17/h1-9,12-13,20,26H,10-11,14-16H2,(H,24,27)/t20-/m1/s1. The van der Waals surface area contributed by atoms with Gasteiger partial charge in [0.1, 0.15) is 5.75 Å². The van der Waals surface area contributed by atoms with Crippen LogP contribution in [0.4, 0.5) is 0 Å². The first-order chi connectivity index (χ1) is 13.7. The Labute approximate surface area is 164 Å². The van der Waals surface area contributed by atoms with Crippen LogP contribution in [-0.2, 0) is 11.3 Å². The third kappa shape index (κ3) is 4.32. The normalized spacial score (nSPS) is 17.5. The summed E-state index contributed by atoms with van der Waals surface area (Å²) in [4.78, 5) is 14.9. The van der Waals surface area contributed by atoms with E-state index in [1.165, 1.54) is 5.56 Å². The monoisotopic (exact) mass is 376 g/mol. The van der Waals surface area contributed by atoms with Gasteiger partial charge < -0.3 is 15.2 Å². The van der Waals surface area contributed by atoms with Crippen molar-refractivity contribution in [3.63, 3.8) is 0 Å². The van der Waals surface area contributed by atoms with E-state index in [2.05, 4.69) is 22.3 Å². The van der Waals surface area contributed by atoms with E-state index in [0.717, 1.165) is 30.4 Å². The highest BCUT2D eigenvalue weighted by atomic mass is 16.5. The van der Waals surface area contributed by atoms with Crippen molar-refractivity contribution in [1.82, 2.24) is 10.2 Å². The number of nitrogens with zero attached hydrogens (tertiary/aromatic N) is 1. The smallest absolute Gasteiger partial charge is 0.255 e. The lowest BCUT2D eigenvalue weighted by atomic mass is 10.1. The molecule has 1 saturated heterocycles. The molecule has 0 spiro atoms. The molecule has 1 atom stereocenters. The molecular formula is C23H24N2O3. The first-order valence-corrected chi connectivity index (χ1v) is 9.57. The summed E-state index contributed by atoms with van der Waals surface area (Å²) < 4.78 is 5.81. The van der Waals surface area contributed by atoms with Gasteiger partial charge >= 0.3 is 0 Å². The molecule has 0 unspecified atom stereocenters. The maximum Gasteiger partial charge on any atom is 0.255 e. The van der Waals surface area contributed by atoms with E-state index >= 15 is 0 Å². The third-order valence-corrected chi connectivity index (χ3v) is 5.07. The van der Waals surface area contributed by atoms with Gasteiger partial charge in [-0.3, -0.25) is 9.69 Å². The molecule has 0 radical (unpaired) electrons. The van der Waals surface area contributed by atoms with Crippen molar-refractivity contribution in [2.24, 2.45) is 0 Å². The Morgan fingerprint density at radius 1 is 1.07 bits per heavy atom. The number of rotatable bonds is 5. The number of nitrogens with one attached hydrogen (secondary N) is 1. The molecule has 5 nitrogen and oxygen atoms in total. The molecule has 1 heterocycles. The zero-order valence-electron chi connectivity index (χ0n) is 15.7. The molecule has 0 aromatic heterocycles. The van der Waals surface area contributed by atoms with E-state index < -0.39 is 0 Å². The van der Waals surface area contributed by atoms with Gasteiger partial charge in [-0.15, -0.1) is 0 Å². The van der Waals surface area contributed by atoms with Crippen molar-refractivity contribution < 1.29 is 14.6 Å². The first kappa shape index (κ1) is 18.5. The van der Waals surface area contributed by atoms with Crippen molar-refractivity contribution in [3.05, 3.63) is 77.9 Å². The van der Waals surface area contributed by atoms with Crippen LogP contribution in [0.1, 0.15) is 15.9 Å². The number of amides is 1. The minimum atomic E-state index is -0.285. The number of phenolic OH excluding ortho intramolecular Hbond substituents is 1. The molecule has 0 bridgehead atoms. The lowest BCUT2D eigenvalue weighted by molar-refractivity contribution is -0.0292. The summed E-state index contributed by atoms with van der Waals surface area (Å²) in [5, 5.41) is 15.0. The van der Waals surface area contributed by atoms with Gasteiger partial charge in [-0.05, 0) is 28.5 Å². The highest BCUT2D eigenvalue weighted by Gasteiger charge is 2.22. The summed E-state index contributed by atoms with van der Waals surface area (Å²) in [6, 6.07) is 21.4. The number of fused-ring (bicyclic) bond motifs is 1. The summed E-state index contributed by atoms with van der Waals surface area (Å²) in [7, 11) is 0. The van der Waals surface area contributed by atoms with Crippen LogP contribution in [0.3, 0.4) is 0 Å². The Balaban J connectivity index is 1.36. The SMILES string of the molecule is O=C(NC[C@@H]1CN(Cc2ccccc2)CCO1)c1cc2ccccc2cc1O. The van der Waals surface area contributed by atoms with Crippen LogP contribution < -0.4 is 5.32 Å². The van der Waals surface area contributed by atoms with E-state index in [1.807, 2.05) is 42.5 Å². The number of aromatic hydroxyl groups is 1. The second-order valence-electron chi connectivity index (χ2n) is 7.14. The van der Waals surface area contributed by atoms with Crippen LogP contribution in [0.5, 0.6) is 5.75 Å². The van der Waals surface area contributed by atoms with Crippen LogP contribution in [0.25, 0.3) is 10.8 Å². The van der Waals surface area contributed by atoms with Crippen molar-refractivity contribution in [1.29, 1.82) is 0 Å². The minimum Gasteiger partial charge on any atom is -0.507 e. The highest BCUT2D eigenvalue weighted by molar-refractivity contribution is 6.01. The maximum absolute atomic E-state index is 12.6. The number of morpholine rings is 1. The molecule has 0 saturated carbocycles. The molecule has 1 fully saturated rings. The maximum atomic E-state index is 12.6. The summed E-state index contributed by atoms with van der Waals surface area (Å²) in [6.45, 7) is 3.58. The largest absolute Gasteiger partial charge is 0.507 e. The number of carbonyl (C=O) groups excluding carboxylic acids is 1. The molecule has 1 aliphatic rings. The molecule has 3 aromatic rings. The Bertz CT molecular complexity index is 958. The van der Waals surface area contributed by atoms with Gasteiger partial charge in [-0.25, -0.2) is 0 Å². The lowest BCUT2D eigenvalue weighted by Crippen LogP contribution is -2.47. The van der Waals surface area contributed by atoms with Crippen LogP contribution >= 0.6 is 0 Å². The average Bonchev–Trinajstić information content (AvgIpc) is 2.72. The third-order valence-electron chi connectivity index (χ3n) is 5.07. The second-order valence-corrected chi connectivity index (χ2v) is 7.14. The Kier molecular flexibility index (Phi) is 5.55. The fourth-order valence-corrected chi connectivity index (χ4v) is 3.60. The number of hydrogen-bond donors (Lipinski definition) is 2. The highest BCUT2D eigenvalue weighted by Crippen LogP contribution is 2.25. The van der Waals surface area contributed by atoms with E-state index in [4.69, 9.17) is 4.74 Å². The van der Waals surface area contributed by atoms with Gasteiger partial charge in [-0.2, -0.15) is 0 Å². The summed E-state index contributed by atoms with van der Waals surface area (Å²) in [5.41, 5.74) is 1.56. The minimum absolute atomic E-state index is 0.00790.